The van der Waals surface area contributed by atoms with Crippen molar-refractivity contribution in [2.45, 2.75) is 39.8 Å². The van der Waals surface area contributed by atoms with Crippen molar-refractivity contribution >= 4 is 0 Å². The van der Waals surface area contributed by atoms with Crippen LogP contribution in [0.2, 0.25) is 0 Å². The van der Waals surface area contributed by atoms with Crippen LogP contribution in [0.25, 0.3) is 0 Å². The number of nitrogens with two attached hydrogens (primary N) is 1. The van der Waals surface area contributed by atoms with Gasteiger partial charge in [0.25, 0.3) is 0 Å². The Bertz CT molecular complexity index is 65.5. The fourth-order valence-corrected chi connectivity index (χ4v) is 0.840. The molecule has 0 amide bonds. The van der Waals surface area contributed by atoms with Crippen molar-refractivity contribution in [3.8, 4) is 0 Å². The fraction of sp³-hybridized carbons (Fsp3) is 1.00. The highest BCUT2D eigenvalue weighted by atomic mass is 16.8. The minimum Gasteiger partial charge on any atom is -0.214 e. The van der Waals surface area contributed by atoms with Gasteiger partial charge in [-0.25, -0.2) is 4.94 Å². The Morgan fingerprint density at radius 1 is 1.11 bits per heavy atom. The van der Waals surface area contributed by atoms with Crippen molar-refractivity contribution in [3.05, 3.63) is 0 Å². The number of nitrogens with zero attached hydrogens (tertiary/aromatic N) is 1. The molecule has 56 valence electrons. The van der Waals surface area contributed by atoms with Gasteiger partial charge in [-0.15, -0.1) is 0 Å². The lowest BCUT2D eigenvalue weighted by Crippen LogP contribution is -2.39. The highest BCUT2D eigenvalue weighted by Crippen LogP contribution is 2.01. The summed E-state index contributed by atoms with van der Waals surface area (Å²) in [5, 5.41) is 1.74. The van der Waals surface area contributed by atoms with Crippen LogP contribution in [-0.2, 0) is 4.94 Å². The van der Waals surface area contributed by atoms with Crippen molar-refractivity contribution in [1.82, 2.24) is 5.06 Å². The van der Waals surface area contributed by atoms with Crippen molar-refractivity contribution < 1.29 is 4.94 Å². The smallest absolute Gasteiger partial charge is 0.0318 e. The Kier molecular flexibility index (Phi) is 3.77. The Balaban J connectivity index is 3.68. The lowest BCUT2D eigenvalue weighted by atomic mass is 10.3. The van der Waals surface area contributed by atoms with Gasteiger partial charge in [-0.05, 0) is 27.7 Å². The summed E-state index contributed by atoms with van der Waals surface area (Å²) in [6.45, 7) is 8.14. The van der Waals surface area contributed by atoms with Gasteiger partial charge in [0.2, 0.25) is 0 Å². The molecule has 2 N–H and O–H groups in total. The molecule has 0 bridgehead atoms. The molecular weight excluding hydrogens is 116 g/mol. The summed E-state index contributed by atoms with van der Waals surface area (Å²) >= 11 is 0. The van der Waals surface area contributed by atoms with E-state index in [0.717, 1.165) is 0 Å². The van der Waals surface area contributed by atoms with Crippen LogP contribution < -0.4 is 5.90 Å². The molecule has 3 nitrogen and oxygen atoms in total. The lowest BCUT2D eigenvalue weighted by molar-refractivity contribution is -0.203. The Morgan fingerprint density at radius 3 is 1.44 bits per heavy atom. The Labute approximate surface area is 56.7 Å². The van der Waals surface area contributed by atoms with Crippen LogP contribution in [0.5, 0.6) is 0 Å². The second-order valence-electron chi connectivity index (χ2n) is 2.65. The molecule has 0 atom stereocenters. The molecule has 0 rings (SSSR count). The van der Waals surface area contributed by atoms with Crippen LogP contribution in [-0.4, -0.2) is 17.1 Å². The van der Waals surface area contributed by atoms with Crippen LogP contribution in [0.3, 0.4) is 0 Å². The van der Waals surface area contributed by atoms with E-state index in [-0.39, 0.29) is 0 Å². The third kappa shape index (κ3) is 2.79. The maximum Gasteiger partial charge on any atom is 0.0318 e. The van der Waals surface area contributed by atoms with Crippen LogP contribution in [0.15, 0.2) is 0 Å². The van der Waals surface area contributed by atoms with Gasteiger partial charge in [0.1, 0.15) is 0 Å². The van der Waals surface area contributed by atoms with Crippen molar-refractivity contribution in [2.75, 3.05) is 0 Å². The maximum absolute atomic E-state index is 5.00. The summed E-state index contributed by atoms with van der Waals surface area (Å²) < 4.78 is 0. The molecule has 0 radical (unpaired) electrons. The van der Waals surface area contributed by atoms with Crippen LogP contribution >= 0.6 is 0 Å². The largest absolute Gasteiger partial charge is 0.214 e. The van der Waals surface area contributed by atoms with Crippen LogP contribution in [0.1, 0.15) is 27.7 Å². The molecule has 0 aliphatic carbocycles. The highest BCUT2D eigenvalue weighted by molar-refractivity contribution is 4.55. The first-order valence-electron chi connectivity index (χ1n) is 3.24. The van der Waals surface area contributed by atoms with E-state index in [4.69, 9.17) is 5.90 Å². The van der Waals surface area contributed by atoms with E-state index in [0.29, 0.717) is 12.1 Å². The van der Waals surface area contributed by atoms with Gasteiger partial charge in [-0.2, -0.15) is 11.0 Å². The van der Waals surface area contributed by atoms with Crippen molar-refractivity contribution in [3.63, 3.8) is 0 Å². The van der Waals surface area contributed by atoms with E-state index < -0.39 is 0 Å². The monoisotopic (exact) mass is 132 g/mol. The molecule has 3 heteroatoms. The number of hydroxylamine groups is 2. The van der Waals surface area contributed by atoms with E-state index in [1.807, 2.05) is 27.7 Å². The van der Waals surface area contributed by atoms with Crippen molar-refractivity contribution in [2.24, 2.45) is 5.90 Å². The molecule has 0 aromatic heterocycles. The fourth-order valence-electron chi connectivity index (χ4n) is 0.840. The summed E-state index contributed by atoms with van der Waals surface area (Å²) in [5.74, 6) is 5.00. The quantitative estimate of drug-likeness (QED) is 0.580. The topological polar surface area (TPSA) is 38.5 Å². The molecule has 0 saturated carbocycles. The van der Waals surface area contributed by atoms with Gasteiger partial charge >= 0.3 is 0 Å². The SMILES string of the molecule is CC(C)N(ON)C(C)C. The second kappa shape index (κ2) is 3.82. The normalized spacial score (nSPS) is 12.0. The summed E-state index contributed by atoms with van der Waals surface area (Å²) in [6, 6.07) is 0.685. The highest BCUT2D eigenvalue weighted by Gasteiger charge is 2.11. The van der Waals surface area contributed by atoms with E-state index >= 15 is 0 Å². The molecule has 0 aliphatic rings. The third-order valence-corrected chi connectivity index (χ3v) is 1.14. The van der Waals surface area contributed by atoms with E-state index in [2.05, 4.69) is 4.94 Å². The summed E-state index contributed by atoms with van der Waals surface area (Å²) in [4.78, 5) is 4.61. The predicted octanol–water partition coefficient (Wildman–Crippen LogP) is 0.910. The molecule has 0 aromatic carbocycles. The average molecular weight is 132 g/mol. The van der Waals surface area contributed by atoms with Gasteiger partial charge in [-0.3, -0.25) is 0 Å². The third-order valence-electron chi connectivity index (χ3n) is 1.14. The average Bonchev–Trinajstić information content (AvgIpc) is 1.64. The minimum atomic E-state index is 0.343. The molecule has 0 aromatic rings. The first kappa shape index (κ1) is 8.88. The molecule has 0 aliphatic heterocycles. The van der Waals surface area contributed by atoms with Gasteiger partial charge in [0, 0.05) is 12.1 Å². The Morgan fingerprint density at radius 2 is 1.44 bits per heavy atom. The predicted molar refractivity (Wildman–Crippen MR) is 37.4 cm³/mol. The molecule has 0 spiro atoms. The first-order chi connectivity index (χ1) is 4.09. The van der Waals surface area contributed by atoms with Gasteiger partial charge in [0.15, 0.2) is 0 Å². The Hall–Kier alpha value is -0.120. The number of rotatable bonds is 3. The van der Waals surface area contributed by atoms with Crippen LogP contribution in [0.4, 0.5) is 0 Å². The maximum atomic E-state index is 5.00. The summed E-state index contributed by atoms with van der Waals surface area (Å²) in [7, 11) is 0. The van der Waals surface area contributed by atoms with E-state index in [1.165, 1.54) is 0 Å². The first-order valence-corrected chi connectivity index (χ1v) is 3.24. The number of hydrogen-bond donors (Lipinski definition) is 1. The molecule has 0 unspecified atom stereocenters. The zero-order chi connectivity index (χ0) is 7.44. The summed E-state index contributed by atoms with van der Waals surface area (Å²) in [6.07, 6.45) is 0. The minimum absolute atomic E-state index is 0.343. The second-order valence-corrected chi connectivity index (χ2v) is 2.65. The van der Waals surface area contributed by atoms with Gasteiger partial charge < -0.3 is 0 Å². The lowest BCUT2D eigenvalue weighted by Gasteiger charge is -2.25. The van der Waals surface area contributed by atoms with Gasteiger partial charge in [-0.1, -0.05) is 0 Å². The molecule has 0 heterocycles. The van der Waals surface area contributed by atoms with E-state index in [1.54, 1.807) is 5.06 Å². The zero-order valence-electron chi connectivity index (χ0n) is 6.59. The van der Waals surface area contributed by atoms with Gasteiger partial charge in [0.05, 0.1) is 0 Å². The molecule has 9 heavy (non-hydrogen) atoms. The standard InChI is InChI=1S/C6H16N2O/c1-5(2)8(9-7)6(3)4/h5-6H,7H2,1-4H3. The molecule has 0 saturated heterocycles. The van der Waals surface area contributed by atoms with Crippen molar-refractivity contribution in [1.29, 1.82) is 0 Å². The zero-order valence-corrected chi connectivity index (χ0v) is 6.59. The van der Waals surface area contributed by atoms with E-state index in [9.17, 15) is 0 Å². The molecule has 0 fully saturated rings. The number of hydrogen-bond acceptors (Lipinski definition) is 3. The van der Waals surface area contributed by atoms with Crippen LogP contribution in [0, 0.1) is 0 Å². The molecular formula is C6H16N2O. The summed E-state index contributed by atoms with van der Waals surface area (Å²) in [5.41, 5.74) is 0.